The summed E-state index contributed by atoms with van der Waals surface area (Å²) >= 11 is 1.58. The van der Waals surface area contributed by atoms with Crippen LogP contribution in [0, 0.1) is 0 Å². The second kappa shape index (κ2) is 7.15. The Morgan fingerprint density at radius 1 is 1.19 bits per heavy atom. The van der Waals surface area contributed by atoms with Crippen LogP contribution in [0.2, 0.25) is 0 Å². The second-order valence-electron chi connectivity index (χ2n) is 7.10. The lowest BCUT2D eigenvalue weighted by Crippen LogP contribution is -2.32. The summed E-state index contributed by atoms with van der Waals surface area (Å²) in [5.41, 5.74) is 1.28. The minimum absolute atomic E-state index is 0.0377. The summed E-state index contributed by atoms with van der Waals surface area (Å²) in [6, 6.07) is 5.59. The number of amides is 1. The van der Waals surface area contributed by atoms with E-state index < -0.39 is 9.84 Å². The second-order valence-corrected chi connectivity index (χ2v) is 10.3. The van der Waals surface area contributed by atoms with E-state index in [2.05, 4.69) is 5.10 Å². The summed E-state index contributed by atoms with van der Waals surface area (Å²) in [7, 11) is -3.02. The molecule has 2 aromatic rings. The lowest BCUT2D eigenvalue weighted by atomic mass is 10.2. The van der Waals surface area contributed by atoms with Gasteiger partial charge in [0.25, 0.3) is 5.91 Å². The first-order valence-electron chi connectivity index (χ1n) is 9.17. The third-order valence-corrected chi connectivity index (χ3v) is 7.82. The van der Waals surface area contributed by atoms with Crippen LogP contribution in [-0.2, 0) is 9.84 Å². The minimum atomic E-state index is -3.02. The summed E-state index contributed by atoms with van der Waals surface area (Å²) < 4.78 is 25.6. The zero-order valence-electron chi connectivity index (χ0n) is 14.6. The fraction of sp³-hybridized carbons (Fsp3) is 0.556. The number of likely N-dealkylation sites (tertiary alicyclic amines) is 1. The van der Waals surface area contributed by atoms with E-state index in [1.54, 1.807) is 16.0 Å². The largest absolute Gasteiger partial charge is 0.337 e. The van der Waals surface area contributed by atoms with Crippen molar-refractivity contribution in [2.75, 3.05) is 24.6 Å². The monoisotopic (exact) mass is 393 g/mol. The van der Waals surface area contributed by atoms with E-state index in [0.717, 1.165) is 36.5 Å². The van der Waals surface area contributed by atoms with E-state index in [4.69, 9.17) is 0 Å². The van der Waals surface area contributed by atoms with Crippen LogP contribution in [0.3, 0.4) is 0 Å². The molecule has 0 aromatic carbocycles. The number of sulfone groups is 1. The molecular formula is C18H23N3O3S2. The van der Waals surface area contributed by atoms with Gasteiger partial charge in [0.1, 0.15) is 0 Å². The van der Waals surface area contributed by atoms with Crippen molar-refractivity contribution in [3.05, 3.63) is 29.3 Å². The van der Waals surface area contributed by atoms with Gasteiger partial charge in [0.15, 0.2) is 15.5 Å². The van der Waals surface area contributed by atoms with Gasteiger partial charge in [0.05, 0.1) is 28.1 Å². The molecule has 0 aliphatic carbocycles. The van der Waals surface area contributed by atoms with Gasteiger partial charge in [-0.3, -0.25) is 9.48 Å². The first-order chi connectivity index (χ1) is 12.5. The highest BCUT2D eigenvalue weighted by Crippen LogP contribution is 2.32. The molecular weight excluding hydrogens is 370 g/mol. The number of thiophene rings is 1. The van der Waals surface area contributed by atoms with Crippen LogP contribution in [0.25, 0.3) is 10.6 Å². The van der Waals surface area contributed by atoms with Crippen molar-refractivity contribution >= 4 is 27.1 Å². The molecule has 1 amide bonds. The summed E-state index contributed by atoms with van der Waals surface area (Å²) in [6.07, 6.45) is 4.95. The molecule has 2 aliphatic rings. The van der Waals surface area contributed by atoms with E-state index in [0.29, 0.717) is 12.1 Å². The van der Waals surface area contributed by atoms with Crippen molar-refractivity contribution in [1.29, 1.82) is 0 Å². The molecule has 0 unspecified atom stereocenters. The molecule has 0 spiro atoms. The molecule has 6 nitrogen and oxygen atoms in total. The van der Waals surface area contributed by atoms with Gasteiger partial charge in [-0.25, -0.2) is 8.42 Å². The Morgan fingerprint density at radius 2 is 1.96 bits per heavy atom. The topological polar surface area (TPSA) is 72.3 Å². The average molecular weight is 394 g/mol. The molecule has 8 heteroatoms. The van der Waals surface area contributed by atoms with Gasteiger partial charge in [-0.2, -0.15) is 5.10 Å². The first kappa shape index (κ1) is 17.7. The van der Waals surface area contributed by atoms with Crippen molar-refractivity contribution in [2.24, 2.45) is 0 Å². The Hall–Kier alpha value is -1.67. The van der Waals surface area contributed by atoms with Crippen LogP contribution >= 0.6 is 11.3 Å². The van der Waals surface area contributed by atoms with E-state index in [-0.39, 0.29) is 23.5 Å². The van der Waals surface area contributed by atoms with Crippen LogP contribution < -0.4 is 0 Å². The first-order valence-corrected chi connectivity index (χ1v) is 11.9. The zero-order valence-corrected chi connectivity index (χ0v) is 16.3. The molecule has 0 saturated carbocycles. The summed E-state index contributed by atoms with van der Waals surface area (Å²) in [5, 5.41) is 6.57. The minimum Gasteiger partial charge on any atom is -0.337 e. The molecule has 1 atom stereocenters. The molecule has 2 saturated heterocycles. The normalized spacial score (nSPS) is 23.1. The van der Waals surface area contributed by atoms with E-state index in [1.165, 1.54) is 12.8 Å². The van der Waals surface area contributed by atoms with Crippen molar-refractivity contribution in [3.8, 4) is 10.6 Å². The van der Waals surface area contributed by atoms with Crippen LogP contribution in [0.15, 0.2) is 23.6 Å². The molecule has 2 aliphatic heterocycles. The van der Waals surface area contributed by atoms with E-state index in [1.807, 2.05) is 28.5 Å². The predicted molar refractivity (Wildman–Crippen MR) is 102 cm³/mol. The molecule has 0 N–H and O–H groups in total. The number of hydrogen-bond acceptors (Lipinski definition) is 5. The van der Waals surface area contributed by atoms with Gasteiger partial charge in [-0.15, -0.1) is 11.3 Å². The Morgan fingerprint density at radius 3 is 2.58 bits per heavy atom. The van der Waals surface area contributed by atoms with Gasteiger partial charge < -0.3 is 4.90 Å². The molecule has 0 radical (unpaired) electrons. The van der Waals surface area contributed by atoms with Crippen LogP contribution in [0.5, 0.6) is 0 Å². The molecule has 26 heavy (non-hydrogen) atoms. The fourth-order valence-corrected chi connectivity index (χ4v) is 6.22. The molecule has 2 fully saturated rings. The highest BCUT2D eigenvalue weighted by Gasteiger charge is 2.33. The SMILES string of the molecule is O=C(c1cc(-c2cccs2)n([C@@H]2CCS(=O)(=O)C2)n1)N1CCCCCC1. The third-order valence-electron chi connectivity index (χ3n) is 5.18. The number of nitrogens with zero attached hydrogens (tertiary/aromatic N) is 3. The van der Waals surface area contributed by atoms with Crippen LogP contribution in [0.1, 0.15) is 48.6 Å². The number of aromatic nitrogens is 2. The predicted octanol–water partition coefficient (Wildman–Crippen LogP) is 2.99. The van der Waals surface area contributed by atoms with Gasteiger partial charge in [-0.1, -0.05) is 18.9 Å². The third kappa shape index (κ3) is 3.57. The van der Waals surface area contributed by atoms with Crippen molar-refractivity contribution in [1.82, 2.24) is 14.7 Å². The molecule has 4 rings (SSSR count). The Balaban J connectivity index is 1.68. The summed E-state index contributed by atoms with van der Waals surface area (Å²) in [4.78, 5) is 15.9. The standard InChI is InChI=1S/C18H23N3O3S2/c22-18(20-8-3-1-2-4-9-20)15-12-16(17-6-5-10-25-17)21(19-15)14-7-11-26(23,24)13-14/h5-6,10,12,14H,1-4,7-9,11,13H2/t14-/m1/s1. The Labute approximate surface area is 157 Å². The average Bonchev–Trinajstić information content (AvgIpc) is 3.30. The summed E-state index contributed by atoms with van der Waals surface area (Å²) in [5.74, 6) is 0.255. The maximum absolute atomic E-state index is 13.0. The smallest absolute Gasteiger partial charge is 0.274 e. The zero-order chi connectivity index (χ0) is 18.1. The molecule has 4 heterocycles. The maximum atomic E-state index is 13.0. The number of hydrogen-bond donors (Lipinski definition) is 0. The summed E-state index contributed by atoms with van der Waals surface area (Å²) in [6.45, 7) is 1.55. The van der Waals surface area contributed by atoms with E-state index in [9.17, 15) is 13.2 Å². The Bertz CT molecular complexity index is 879. The molecule has 2 aromatic heterocycles. The van der Waals surface area contributed by atoms with Gasteiger partial charge in [0, 0.05) is 13.1 Å². The number of carbonyl (C=O) groups excluding carboxylic acids is 1. The number of carbonyl (C=O) groups is 1. The van der Waals surface area contributed by atoms with Crippen LogP contribution in [0.4, 0.5) is 0 Å². The maximum Gasteiger partial charge on any atom is 0.274 e. The lowest BCUT2D eigenvalue weighted by molar-refractivity contribution is 0.0754. The Kier molecular flexibility index (Phi) is 4.88. The lowest BCUT2D eigenvalue weighted by Gasteiger charge is -2.18. The highest BCUT2D eigenvalue weighted by atomic mass is 32.2. The van der Waals surface area contributed by atoms with Crippen LogP contribution in [-0.4, -0.2) is 53.6 Å². The van der Waals surface area contributed by atoms with Gasteiger partial charge >= 0.3 is 0 Å². The van der Waals surface area contributed by atoms with E-state index >= 15 is 0 Å². The quantitative estimate of drug-likeness (QED) is 0.804. The molecule has 140 valence electrons. The van der Waals surface area contributed by atoms with Crippen molar-refractivity contribution in [2.45, 2.75) is 38.1 Å². The van der Waals surface area contributed by atoms with Gasteiger partial charge in [0.2, 0.25) is 0 Å². The van der Waals surface area contributed by atoms with Crippen molar-refractivity contribution < 1.29 is 13.2 Å². The van der Waals surface area contributed by atoms with Crippen molar-refractivity contribution in [3.63, 3.8) is 0 Å². The van der Waals surface area contributed by atoms with Gasteiger partial charge in [-0.05, 0) is 36.8 Å². The number of rotatable bonds is 3. The molecule has 0 bridgehead atoms. The highest BCUT2D eigenvalue weighted by molar-refractivity contribution is 7.91. The fourth-order valence-electron chi connectivity index (χ4n) is 3.79.